The molecule has 0 bridgehead atoms. The van der Waals surface area contributed by atoms with E-state index in [2.05, 4.69) is 70.2 Å². The summed E-state index contributed by atoms with van der Waals surface area (Å²) >= 11 is 0. The number of carbonyl (C=O) groups excluding carboxylic acids is 1. The van der Waals surface area contributed by atoms with Gasteiger partial charge in [0.15, 0.2) is 5.78 Å². The van der Waals surface area contributed by atoms with Crippen molar-refractivity contribution in [2.45, 2.75) is 107 Å². The van der Waals surface area contributed by atoms with Gasteiger partial charge in [-0.1, -0.05) is 91.5 Å². The minimum Gasteiger partial charge on any atom is -0.512 e. The molecule has 3 aromatic carbocycles. The van der Waals surface area contributed by atoms with E-state index in [1.54, 1.807) is 0 Å². The molecule has 5 nitrogen and oxygen atoms in total. The molecule has 1 radical (unpaired) electrons. The van der Waals surface area contributed by atoms with Gasteiger partial charge >= 0.3 is 0 Å². The molecule has 50 heavy (non-hydrogen) atoms. The van der Waals surface area contributed by atoms with E-state index in [1.807, 2.05) is 66.8 Å². The van der Waals surface area contributed by atoms with Crippen molar-refractivity contribution >= 4 is 49.5 Å². The predicted molar refractivity (Wildman–Crippen MR) is 204 cm³/mol. The SMILES string of the molecule is CCC(C)(CC)C(=O)/C=C(\O)C(C)(CC)CC.Cc1oc2cc3oc4c(-c5[c-]c6ccccc6c(C(C)(C)C)c5)nccc4c3cc2c1C.[Ir]. The molecule has 6 heteroatoms. The summed E-state index contributed by atoms with van der Waals surface area (Å²) in [5.41, 5.74) is 6.06. The third-order valence-electron chi connectivity index (χ3n) is 11.1. The summed E-state index contributed by atoms with van der Waals surface area (Å²) in [6, 6.07) is 20.5. The number of furan rings is 2. The van der Waals surface area contributed by atoms with Gasteiger partial charge in [-0.2, -0.15) is 0 Å². The molecule has 0 atom stereocenters. The van der Waals surface area contributed by atoms with Crippen molar-refractivity contribution in [2.24, 2.45) is 10.8 Å². The number of aromatic nitrogens is 1. The van der Waals surface area contributed by atoms with Gasteiger partial charge in [0.05, 0.1) is 0 Å². The summed E-state index contributed by atoms with van der Waals surface area (Å²) < 4.78 is 12.3. The van der Waals surface area contributed by atoms with E-state index in [4.69, 9.17) is 13.8 Å². The van der Waals surface area contributed by atoms with Crippen LogP contribution in [0.5, 0.6) is 0 Å². The largest absolute Gasteiger partial charge is 0.512 e. The fourth-order valence-corrected chi connectivity index (χ4v) is 6.39. The van der Waals surface area contributed by atoms with E-state index in [-0.39, 0.29) is 47.9 Å². The number of aliphatic hydroxyl groups is 1. The molecule has 0 saturated carbocycles. The Hall–Kier alpha value is -3.73. The Kier molecular flexibility index (Phi) is 11.6. The molecule has 0 amide bonds. The van der Waals surface area contributed by atoms with Crippen molar-refractivity contribution in [1.29, 1.82) is 0 Å². The van der Waals surface area contributed by atoms with Crippen LogP contribution in [-0.2, 0) is 30.3 Å². The Morgan fingerprint density at radius 1 is 0.800 bits per heavy atom. The van der Waals surface area contributed by atoms with Crippen molar-refractivity contribution in [3.05, 3.63) is 89.5 Å². The van der Waals surface area contributed by atoms with Gasteiger partial charge < -0.3 is 13.9 Å². The maximum atomic E-state index is 12.2. The second-order valence-electron chi connectivity index (χ2n) is 15.1. The fraction of sp³-hybridized carbons (Fsp3) is 0.409. The zero-order valence-corrected chi connectivity index (χ0v) is 33.9. The average Bonchev–Trinajstić information content (AvgIpc) is 3.60. The Morgan fingerprint density at radius 2 is 1.42 bits per heavy atom. The maximum Gasteiger partial charge on any atom is 0.164 e. The smallest absolute Gasteiger partial charge is 0.164 e. The zero-order chi connectivity index (χ0) is 35.9. The van der Waals surface area contributed by atoms with E-state index in [1.165, 1.54) is 22.6 Å². The van der Waals surface area contributed by atoms with Gasteiger partial charge in [0.25, 0.3) is 0 Å². The van der Waals surface area contributed by atoms with Crippen LogP contribution >= 0.6 is 0 Å². The molecule has 0 unspecified atom stereocenters. The molecular weight excluding hydrogens is 799 g/mol. The van der Waals surface area contributed by atoms with Gasteiger partial charge in [-0.25, -0.2) is 0 Å². The van der Waals surface area contributed by atoms with Gasteiger partial charge in [-0.3, -0.25) is 9.78 Å². The van der Waals surface area contributed by atoms with Crippen molar-refractivity contribution in [3.63, 3.8) is 0 Å². The standard InChI is InChI=1S/C29H24NO2.C15H28O2.Ir/c1-16-17(2)31-25-15-26-23(14-22(16)25)21-10-11-30-27(28(21)32-26)19-12-18-8-6-7-9-20(18)24(13-19)29(3,4)5;1-7-14(5,8-2)12(16)11-13(17)15(6,9-3)10-4;/h6-11,13-15H,1-5H3;11,16H,7-10H2,1-6H3;/q-1;;/b;12-11-;. The minimum atomic E-state index is -0.337. The number of fused-ring (bicyclic) bond motifs is 5. The first-order valence-electron chi connectivity index (χ1n) is 17.7. The molecule has 6 aromatic rings. The van der Waals surface area contributed by atoms with Crippen molar-refractivity contribution in [1.82, 2.24) is 4.98 Å². The molecule has 1 N–H and O–H groups in total. The minimum absolute atomic E-state index is 0. The zero-order valence-electron chi connectivity index (χ0n) is 31.6. The van der Waals surface area contributed by atoms with Crippen LogP contribution in [0.2, 0.25) is 0 Å². The van der Waals surface area contributed by atoms with E-state index in [0.717, 1.165) is 81.0 Å². The van der Waals surface area contributed by atoms with E-state index >= 15 is 0 Å². The molecule has 0 aliphatic carbocycles. The molecule has 0 fully saturated rings. The number of allylic oxidation sites excluding steroid dienone is 2. The summed E-state index contributed by atoms with van der Waals surface area (Å²) in [6.45, 7) is 22.9. The first kappa shape index (κ1) is 39.1. The number of carbonyl (C=O) groups is 1. The Labute approximate surface area is 310 Å². The molecule has 0 aliphatic rings. The van der Waals surface area contributed by atoms with Crippen molar-refractivity contribution in [3.8, 4) is 11.3 Å². The van der Waals surface area contributed by atoms with E-state index in [9.17, 15) is 9.90 Å². The van der Waals surface area contributed by atoms with E-state index < -0.39 is 0 Å². The van der Waals surface area contributed by atoms with Gasteiger partial charge in [0.1, 0.15) is 28.3 Å². The van der Waals surface area contributed by atoms with Crippen LogP contribution in [0.1, 0.15) is 105 Å². The topological polar surface area (TPSA) is 76.5 Å². The van der Waals surface area contributed by atoms with Crippen LogP contribution in [0.3, 0.4) is 0 Å². The van der Waals surface area contributed by atoms with Crippen molar-refractivity contribution < 1.29 is 38.8 Å². The van der Waals surface area contributed by atoms with Crippen LogP contribution in [0.15, 0.2) is 75.4 Å². The number of ketones is 1. The predicted octanol–water partition coefficient (Wildman–Crippen LogP) is 12.9. The third-order valence-corrected chi connectivity index (χ3v) is 11.1. The summed E-state index contributed by atoms with van der Waals surface area (Å²) in [7, 11) is 0. The number of aryl methyl sites for hydroxylation is 2. The molecule has 3 aromatic heterocycles. The molecular formula is C44H52IrNO4-. The second kappa shape index (κ2) is 14.9. The Balaban J connectivity index is 0.000000269. The molecule has 6 rings (SSSR count). The normalized spacial score (nSPS) is 12.7. The molecule has 3 heterocycles. The maximum absolute atomic E-state index is 12.2. The number of aliphatic hydroxyl groups excluding tert-OH is 1. The molecule has 0 saturated heterocycles. The van der Waals surface area contributed by atoms with Crippen molar-refractivity contribution in [2.75, 3.05) is 0 Å². The second-order valence-corrected chi connectivity index (χ2v) is 15.1. The molecule has 0 aliphatic heterocycles. The first-order chi connectivity index (χ1) is 23.1. The third kappa shape index (κ3) is 7.20. The van der Waals surface area contributed by atoms with Gasteiger partial charge in [0.2, 0.25) is 0 Å². The number of benzene rings is 3. The number of hydrogen-bond donors (Lipinski definition) is 1. The Bertz CT molecular complexity index is 2190. The summed E-state index contributed by atoms with van der Waals surface area (Å²) in [6.07, 6.45) is 6.62. The number of nitrogens with zero attached hydrogens (tertiary/aromatic N) is 1. The van der Waals surface area contributed by atoms with Gasteiger partial charge in [0, 0.05) is 71.1 Å². The molecule has 0 spiro atoms. The van der Waals surface area contributed by atoms with Crippen LogP contribution in [0.4, 0.5) is 0 Å². The number of pyridine rings is 1. The van der Waals surface area contributed by atoms with Crippen LogP contribution in [-0.4, -0.2) is 15.9 Å². The number of hydrogen-bond acceptors (Lipinski definition) is 5. The monoisotopic (exact) mass is 851 g/mol. The van der Waals surface area contributed by atoms with Crippen LogP contribution < -0.4 is 0 Å². The van der Waals surface area contributed by atoms with E-state index in [0.29, 0.717) is 0 Å². The Morgan fingerprint density at radius 3 is 2.04 bits per heavy atom. The van der Waals surface area contributed by atoms with Crippen LogP contribution in [0, 0.1) is 30.7 Å². The van der Waals surface area contributed by atoms with Gasteiger partial charge in [-0.15, -0.1) is 29.1 Å². The first-order valence-corrected chi connectivity index (χ1v) is 17.7. The van der Waals surface area contributed by atoms with Crippen LogP contribution in [0.25, 0.3) is 54.9 Å². The number of rotatable bonds is 8. The fourth-order valence-electron chi connectivity index (χ4n) is 6.39. The summed E-state index contributed by atoms with van der Waals surface area (Å²) in [5.74, 6) is 1.23. The average molecular weight is 851 g/mol. The summed E-state index contributed by atoms with van der Waals surface area (Å²) in [4.78, 5) is 16.9. The quantitative estimate of drug-likeness (QED) is 0.0938. The molecule has 267 valence electrons. The van der Waals surface area contributed by atoms with Gasteiger partial charge in [-0.05, 0) is 62.6 Å². The summed E-state index contributed by atoms with van der Waals surface area (Å²) in [5, 5.41) is 15.7.